The fourth-order valence-electron chi connectivity index (χ4n) is 3.35. The van der Waals surface area contributed by atoms with Gasteiger partial charge in [-0.3, -0.25) is 0 Å². The molecule has 2 heterocycles. The van der Waals surface area contributed by atoms with E-state index in [0.29, 0.717) is 11.5 Å². The van der Waals surface area contributed by atoms with E-state index in [2.05, 4.69) is 31.0 Å². The third kappa shape index (κ3) is 4.73. The Morgan fingerprint density at radius 2 is 2.16 bits per heavy atom. The smallest absolute Gasteiger partial charge is 0.0547 e. The maximum absolute atomic E-state index is 5.72. The summed E-state index contributed by atoms with van der Waals surface area (Å²) < 4.78 is 5.72. The topological polar surface area (TPSA) is 24.5 Å². The van der Waals surface area contributed by atoms with Crippen LogP contribution in [0.15, 0.2) is 0 Å². The maximum Gasteiger partial charge on any atom is 0.0547 e. The lowest BCUT2D eigenvalue weighted by Crippen LogP contribution is -2.46. The lowest BCUT2D eigenvalue weighted by Gasteiger charge is -2.34. The van der Waals surface area contributed by atoms with Crippen LogP contribution in [0, 0.1) is 11.3 Å². The van der Waals surface area contributed by atoms with E-state index in [1.165, 1.54) is 45.3 Å². The minimum absolute atomic E-state index is 0.359. The van der Waals surface area contributed by atoms with Crippen LogP contribution in [0.1, 0.15) is 46.5 Å². The molecule has 2 aliphatic heterocycles. The zero-order valence-electron chi connectivity index (χ0n) is 13.1. The van der Waals surface area contributed by atoms with Gasteiger partial charge in [-0.1, -0.05) is 20.8 Å². The van der Waals surface area contributed by atoms with Crippen molar-refractivity contribution in [1.82, 2.24) is 10.2 Å². The molecule has 3 heteroatoms. The van der Waals surface area contributed by atoms with Gasteiger partial charge >= 0.3 is 0 Å². The van der Waals surface area contributed by atoms with Gasteiger partial charge in [-0.15, -0.1) is 0 Å². The number of rotatable bonds is 5. The van der Waals surface area contributed by atoms with Crippen LogP contribution in [-0.2, 0) is 4.74 Å². The zero-order valence-corrected chi connectivity index (χ0v) is 13.1. The third-order valence-corrected chi connectivity index (χ3v) is 4.74. The highest BCUT2D eigenvalue weighted by molar-refractivity contribution is 4.89. The first-order valence-corrected chi connectivity index (χ1v) is 8.13. The molecule has 0 saturated carbocycles. The fraction of sp³-hybridized carbons (Fsp3) is 1.00. The molecule has 1 N–H and O–H groups in total. The molecule has 0 aromatic rings. The molecule has 0 aromatic heterocycles. The van der Waals surface area contributed by atoms with Crippen molar-refractivity contribution in [2.24, 2.45) is 11.3 Å². The molecular formula is C16H32N2O. The average molecular weight is 268 g/mol. The van der Waals surface area contributed by atoms with E-state index >= 15 is 0 Å². The van der Waals surface area contributed by atoms with Gasteiger partial charge in [0, 0.05) is 31.2 Å². The minimum Gasteiger partial charge on any atom is -0.381 e. The minimum atomic E-state index is 0.359. The molecule has 0 amide bonds. The lowest BCUT2D eigenvalue weighted by molar-refractivity contribution is 0.108. The largest absolute Gasteiger partial charge is 0.381 e. The molecule has 19 heavy (non-hydrogen) atoms. The summed E-state index contributed by atoms with van der Waals surface area (Å²) in [5, 5.41) is 3.64. The molecule has 0 bridgehead atoms. The number of hydrogen-bond acceptors (Lipinski definition) is 3. The molecular weight excluding hydrogens is 236 g/mol. The first-order valence-electron chi connectivity index (χ1n) is 8.13. The summed E-state index contributed by atoms with van der Waals surface area (Å²) in [6.45, 7) is 13.7. The summed E-state index contributed by atoms with van der Waals surface area (Å²) in [5.74, 6) is 0.912. The molecule has 2 atom stereocenters. The normalized spacial score (nSPS) is 33.8. The van der Waals surface area contributed by atoms with E-state index in [-0.39, 0.29) is 0 Å². The Bertz CT molecular complexity index is 261. The van der Waals surface area contributed by atoms with Gasteiger partial charge in [0.25, 0.3) is 0 Å². The molecule has 0 spiro atoms. The molecule has 2 unspecified atom stereocenters. The Morgan fingerprint density at radius 1 is 1.32 bits per heavy atom. The monoisotopic (exact) mass is 268 g/mol. The molecule has 0 aliphatic carbocycles. The van der Waals surface area contributed by atoms with Crippen LogP contribution < -0.4 is 5.32 Å². The molecule has 2 aliphatic rings. The van der Waals surface area contributed by atoms with Crippen LogP contribution in [0.2, 0.25) is 0 Å². The second-order valence-electron chi connectivity index (χ2n) is 7.15. The quantitative estimate of drug-likeness (QED) is 0.829. The van der Waals surface area contributed by atoms with Crippen molar-refractivity contribution in [3.05, 3.63) is 0 Å². The molecule has 0 aromatic carbocycles. The summed E-state index contributed by atoms with van der Waals surface area (Å²) in [7, 11) is 0. The Kier molecular flexibility index (Phi) is 5.67. The van der Waals surface area contributed by atoms with Crippen LogP contribution >= 0.6 is 0 Å². The number of nitrogens with zero attached hydrogens (tertiary/aromatic N) is 1. The van der Waals surface area contributed by atoms with Gasteiger partial charge < -0.3 is 15.0 Å². The first-order chi connectivity index (χ1) is 9.10. The van der Waals surface area contributed by atoms with Crippen molar-refractivity contribution < 1.29 is 4.74 Å². The van der Waals surface area contributed by atoms with Gasteiger partial charge in [-0.25, -0.2) is 0 Å². The summed E-state index contributed by atoms with van der Waals surface area (Å²) in [6, 6.07) is 0.571. The first kappa shape index (κ1) is 15.3. The van der Waals surface area contributed by atoms with E-state index in [1.54, 1.807) is 0 Å². The van der Waals surface area contributed by atoms with Crippen LogP contribution in [0.4, 0.5) is 0 Å². The molecule has 2 rings (SSSR count). The van der Waals surface area contributed by atoms with Crippen molar-refractivity contribution in [2.75, 3.05) is 39.4 Å². The van der Waals surface area contributed by atoms with Crippen LogP contribution in [0.3, 0.4) is 0 Å². The van der Waals surface area contributed by atoms with E-state index in [9.17, 15) is 0 Å². The van der Waals surface area contributed by atoms with Gasteiger partial charge in [0.15, 0.2) is 0 Å². The summed E-state index contributed by atoms with van der Waals surface area (Å²) in [6.07, 6.45) is 5.37. The van der Waals surface area contributed by atoms with Crippen molar-refractivity contribution >= 4 is 0 Å². The third-order valence-electron chi connectivity index (χ3n) is 4.74. The fourth-order valence-corrected chi connectivity index (χ4v) is 3.35. The summed E-state index contributed by atoms with van der Waals surface area (Å²) in [5.41, 5.74) is 0.359. The second-order valence-corrected chi connectivity index (χ2v) is 7.15. The van der Waals surface area contributed by atoms with Gasteiger partial charge in [0.05, 0.1) is 6.61 Å². The molecule has 0 radical (unpaired) electrons. The van der Waals surface area contributed by atoms with Crippen molar-refractivity contribution in [2.45, 2.75) is 52.5 Å². The second kappa shape index (κ2) is 7.05. The zero-order chi connectivity index (χ0) is 13.7. The Morgan fingerprint density at radius 3 is 2.84 bits per heavy atom. The van der Waals surface area contributed by atoms with Crippen molar-refractivity contribution in [3.63, 3.8) is 0 Å². The summed E-state index contributed by atoms with van der Waals surface area (Å²) in [4.78, 5) is 2.69. The Balaban J connectivity index is 1.88. The number of nitrogens with one attached hydrogen (secondary N) is 1. The predicted octanol–water partition coefficient (Wildman–Crippen LogP) is 2.51. The number of ether oxygens (including phenoxy) is 1. The van der Waals surface area contributed by atoms with Crippen molar-refractivity contribution in [3.8, 4) is 0 Å². The van der Waals surface area contributed by atoms with Crippen LogP contribution in [0.5, 0.6) is 0 Å². The lowest BCUT2D eigenvalue weighted by atomic mass is 9.86. The van der Waals surface area contributed by atoms with Gasteiger partial charge in [0.1, 0.15) is 0 Å². The number of likely N-dealkylation sites (tertiary alicyclic amines) is 1. The average Bonchev–Trinajstić information content (AvgIpc) is 2.73. The predicted molar refractivity (Wildman–Crippen MR) is 80.5 cm³/mol. The van der Waals surface area contributed by atoms with E-state index in [0.717, 1.165) is 25.7 Å². The van der Waals surface area contributed by atoms with E-state index in [1.807, 2.05) is 0 Å². The van der Waals surface area contributed by atoms with Crippen LogP contribution in [0.25, 0.3) is 0 Å². The van der Waals surface area contributed by atoms with Gasteiger partial charge in [-0.05, 0) is 44.7 Å². The van der Waals surface area contributed by atoms with E-state index < -0.39 is 0 Å². The SMILES string of the molecule is CC1CCCN(CC2(CNC(C)C)CCOC2)CC1. The molecule has 3 nitrogen and oxygen atoms in total. The summed E-state index contributed by atoms with van der Waals surface area (Å²) >= 11 is 0. The molecule has 112 valence electrons. The highest BCUT2D eigenvalue weighted by Crippen LogP contribution is 2.30. The number of hydrogen-bond donors (Lipinski definition) is 1. The molecule has 2 fully saturated rings. The maximum atomic E-state index is 5.72. The Hall–Kier alpha value is -0.120. The van der Waals surface area contributed by atoms with Gasteiger partial charge in [0.2, 0.25) is 0 Å². The van der Waals surface area contributed by atoms with E-state index in [4.69, 9.17) is 4.74 Å². The molecule has 2 saturated heterocycles. The standard InChI is InChI=1S/C16H32N2O/c1-14(2)17-11-16(7-10-19-13-16)12-18-8-4-5-15(3)6-9-18/h14-15,17H,4-13H2,1-3H3. The van der Waals surface area contributed by atoms with Gasteiger partial charge in [-0.2, -0.15) is 0 Å². The van der Waals surface area contributed by atoms with Crippen molar-refractivity contribution in [1.29, 1.82) is 0 Å². The Labute approximate surface area is 119 Å². The van der Waals surface area contributed by atoms with Crippen LogP contribution in [-0.4, -0.2) is 50.3 Å². The highest BCUT2D eigenvalue weighted by Gasteiger charge is 2.36. The highest BCUT2D eigenvalue weighted by atomic mass is 16.5.